The lowest BCUT2D eigenvalue weighted by atomic mass is 9.88. The molecule has 1 aliphatic carbocycles. The van der Waals surface area contributed by atoms with E-state index in [9.17, 15) is 0 Å². The Kier molecular flexibility index (Phi) is 6.32. The zero-order chi connectivity index (χ0) is 12.0. The smallest absolute Gasteiger partial charge is 0.0601 e. The molecule has 3 unspecified atom stereocenters. The molecule has 0 aliphatic heterocycles. The summed E-state index contributed by atoms with van der Waals surface area (Å²) in [6, 6.07) is 0.229. The Hall–Kier alpha value is -0.120. The molecule has 0 aromatic heterocycles. The molecule has 3 atom stereocenters. The summed E-state index contributed by atoms with van der Waals surface area (Å²) in [7, 11) is 2.04. The van der Waals surface area contributed by atoms with Gasteiger partial charge in [0.2, 0.25) is 0 Å². The van der Waals surface area contributed by atoms with E-state index in [0.717, 1.165) is 13.2 Å². The first-order valence-corrected chi connectivity index (χ1v) is 6.58. The third-order valence-corrected chi connectivity index (χ3v) is 3.83. The zero-order valence-electron chi connectivity index (χ0n) is 11.0. The number of rotatable bonds is 6. The molecule has 1 rings (SSSR count). The van der Waals surface area contributed by atoms with Gasteiger partial charge in [0.1, 0.15) is 0 Å². The second-order valence-corrected chi connectivity index (χ2v) is 5.18. The molecule has 0 spiro atoms. The molecule has 3 heteroatoms. The number of hydrogen-bond acceptors (Lipinski definition) is 3. The van der Waals surface area contributed by atoms with Gasteiger partial charge in [0.05, 0.1) is 19.3 Å². The third-order valence-electron chi connectivity index (χ3n) is 3.83. The van der Waals surface area contributed by atoms with Crippen LogP contribution in [0, 0.1) is 5.92 Å². The second-order valence-electron chi connectivity index (χ2n) is 5.18. The van der Waals surface area contributed by atoms with Gasteiger partial charge in [0, 0.05) is 12.6 Å². The van der Waals surface area contributed by atoms with Crippen molar-refractivity contribution in [1.29, 1.82) is 0 Å². The van der Waals surface area contributed by atoms with Crippen LogP contribution >= 0.6 is 0 Å². The summed E-state index contributed by atoms with van der Waals surface area (Å²) in [5, 5.41) is 9.01. The molecule has 0 aromatic carbocycles. The quantitative estimate of drug-likeness (QED) is 0.755. The first-order chi connectivity index (χ1) is 7.65. The van der Waals surface area contributed by atoms with E-state index in [1.54, 1.807) is 0 Å². The predicted molar refractivity (Wildman–Crippen MR) is 66.5 cm³/mol. The van der Waals surface area contributed by atoms with Crippen LogP contribution in [0.3, 0.4) is 0 Å². The van der Waals surface area contributed by atoms with Crippen molar-refractivity contribution in [2.75, 3.05) is 26.8 Å². The maximum atomic E-state index is 9.01. The zero-order valence-corrected chi connectivity index (χ0v) is 11.0. The minimum Gasteiger partial charge on any atom is -0.395 e. The molecule has 0 bridgehead atoms. The van der Waals surface area contributed by atoms with Gasteiger partial charge in [-0.1, -0.05) is 19.8 Å². The predicted octanol–water partition coefficient (Wildman–Crippen LogP) is 1.89. The minimum absolute atomic E-state index is 0.219. The summed E-state index contributed by atoms with van der Waals surface area (Å²) in [5.41, 5.74) is 0. The van der Waals surface area contributed by atoms with Crippen molar-refractivity contribution in [3.05, 3.63) is 0 Å². The van der Waals surface area contributed by atoms with Gasteiger partial charge in [-0.3, -0.25) is 4.90 Å². The Labute approximate surface area is 99.8 Å². The highest BCUT2D eigenvalue weighted by Crippen LogP contribution is 2.26. The van der Waals surface area contributed by atoms with Crippen molar-refractivity contribution in [3.63, 3.8) is 0 Å². The molecule has 0 aromatic rings. The minimum atomic E-state index is 0.219. The van der Waals surface area contributed by atoms with Crippen LogP contribution in [0.15, 0.2) is 0 Å². The van der Waals surface area contributed by atoms with Gasteiger partial charge in [-0.05, 0) is 32.7 Å². The summed E-state index contributed by atoms with van der Waals surface area (Å²) in [6.45, 7) is 6.24. The third kappa shape index (κ3) is 4.40. The van der Waals surface area contributed by atoms with Crippen LogP contribution in [-0.4, -0.2) is 49.0 Å². The Morgan fingerprint density at radius 1 is 1.38 bits per heavy atom. The highest BCUT2D eigenvalue weighted by Gasteiger charge is 2.21. The van der Waals surface area contributed by atoms with E-state index >= 15 is 0 Å². The monoisotopic (exact) mass is 229 g/mol. The highest BCUT2D eigenvalue weighted by molar-refractivity contribution is 4.72. The molecule has 1 fully saturated rings. The molecular formula is C13H27NO2. The largest absolute Gasteiger partial charge is 0.395 e. The van der Waals surface area contributed by atoms with E-state index < -0.39 is 0 Å². The highest BCUT2D eigenvalue weighted by atomic mass is 16.5. The molecule has 16 heavy (non-hydrogen) atoms. The van der Waals surface area contributed by atoms with Crippen molar-refractivity contribution in [2.24, 2.45) is 5.92 Å². The van der Waals surface area contributed by atoms with Gasteiger partial charge in [-0.25, -0.2) is 0 Å². The maximum Gasteiger partial charge on any atom is 0.0601 e. The van der Waals surface area contributed by atoms with Crippen LogP contribution in [-0.2, 0) is 4.74 Å². The van der Waals surface area contributed by atoms with Crippen LogP contribution in [0.4, 0.5) is 0 Å². The van der Waals surface area contributed by atoms with Crippen LogP contribution in [0.1, 0.15) is 39.5 Å². The molecule has 96 valence electrons. The number of aliphatic hydroxyl groups excluding tert-OH is 1. The van der Waals surface area contributed by atoms with Gasteiger partial charge in [0.25, 0.3) is 0 Å². The standard InChI is InChI=1S/C13H27NO2/c1-11-6-4-5-7-13(11)16-9-8-14(3)12(2)10-15/h11-13,15H,4-10H2,1-3H3. The lowest BCUT2D eigenvalue weighted by molar-refractivity contribution is -0.0163. The summed E-state index contributed by atoms with van der Waals surface area (Å²) in [6.07, 6.45) is 5.68. The van der Waals surface area contributed by atoms with Crippen LogP contribution in [0.5, 0.6) is 0 Å². The topological polar surface area (TPSA) is 32.7 Å². The summed E-state index contributed by atoms with van der Waals surface area (Å²) in [4.78, 5) is 2.15. The van der Waals surface area contributed by atoms with Crippen LogP contribution < -0.4 is 0 Å². The van der Waals surface area contributed by atoms with Crippen molar-refractivity contribution < 1.29 is 9.84 Å². The number of ether oxygens (including phenoxy) is 1. The molecule has 3 nitrogen and oxygen atoms in total. The summed E-state index contributed by atoms with van der Waals surface area (Å²) >= 11 is 0. The molecular weight excluding hydrogens is 202 g/mol. The summed E-state index contributed by atoms with van der Waals surface area (Å²) < 4.78 is 5.94. The van der Waals surface area contributed by atoms with Gasteiger partial charge in [-0.2, -0.15) is 0 Å². The summed E-state index contributed by atoms with van der Waals surface area (Å²) in [5.74, 6) is 0.717. The van der Waals surface area contributed by atoms with Crippen molar-refractivity contribution in [2.45, 2.75) is 51.7 Å². The van der Waals surface area contributed by atoms with E-state index in [1.165, 1.54) is 25.7 Å². The number of hydrogen-bond donors (Lipinski definition) is 1. The first kappa shape index (κ1) is 13.9. The van der Waals surface area contributed by atoms with Crippen molar-refractivity contribution in [3.8, 4) is 0 Å². The maximum absolute atomic E-state index is 9.01. The molecule has 1 saturated carbocycles. The molecule has 0 amide bonds. The molecule has 1 N–H and O–H groups in total. The Balaban J connectivity index is 2.14. The number of nitrogens with zero attached hydrogens (tertiary/aromatic N) is 1. The van der Waals surface area contributed by atoms with Gasteiger partial charge in [0.15, 0.2) is 0 Å². The van der Waals surface area contributed by atoms with Crippen molar-refractivity contribution >= 4 is 0 Å². The van der Waals surface area contributed by atoms with E-state index in [4.69, 9.17) is 9.84 Å². The van der Waals surface area contributed by atoms with E-state index in [1.807, 2.05) is 14.0 Å². The molecule has 1 aliphatic rings. The Morgan fingerprint density at radius 3 is 2.69 bits per heavy atom. The molecule has 0 heterocycles. The van der Waals surface area contributed by atoms with E-state index in [2.05, 4.69) is 11.8 Å². The average Bonchev–Trinajstić information content (AvgIpc) is 2.30. The SMILES string of the molecule is CC1CCCCC1OCCN(C)C(C)CO. The fraction of sp³-hybridized carbons (Fsp3) is 1.00. The van der Waals surface area contributed by atoms with Gasteiger partial charge < -0.3 is 9.84 Å². The van der Waals surface area contributed by atoms with Crippen molar-refractivity contribution in [1.82, 2.24) is 4.90 Å². The Bertz CT molecular complexity index is 187. The average molecular weight is 229 g/mol. The lowest BCUT2D eigenvalue weighted by Gasteiger charge is -2.30. The number of aliphatic hydroxyl groups is 1. The number of likely N-dealkylation sites (N-methyl/N-ethyl adjacent to an activating group) is 1. The van der Waals surface area contributed by atoms with Crippen LogP contribution in [0.2, 0.25) is 0 Å². The van der Waals surface area contributed by atoms with Gasteiger partial charge in [-0.15, -0.1) is 0 Å². The van der Waals surface area contributed by atoms with E-state index in [0.29, 0.717) is 12.0 Å². The Morgan fingerprint density at radius 2 is 2.06 bits per heavy atom. The second kappa shape index (κ2) is 7.25. The molecule has 0 radical (unpaired) electrons. The van der Waals surface area contributed by atoms with Gasteiger partial charge >= 0.3 is 0 Å². The fourth-order valence-corrected chi connectivity index (χ4v) is 2.24. The molecule has 0 saturated heterocycles. The lowest BCUT2D eigenvalue weighted by Crippen LogP contribution is -2.36. The van der Waals surface area contributed by atoms with Crippen LogP contribution in [0.25, 0.3) is 0 Å². The van der Waals surface area contributed by atoms with E-state index in [-0.39, 0.29) is 12.6 Å². The first-order valence-electron chi connectivity index (χ1n) is 6.58. The fourth-order valence-electron chi connectivity index (χ4n) is 2.24. The normalized spacial score (nSPS) is 28.3.